The van der Waals surface area contributed by atoms with Gasteiger partial charge in [0.1, 0.15) is 0 Å². The normalized spacial score (nSPS) is 18.5. The van der Waals surface area contributed by atoms with Crippen LogP contribution in [0.4, 0.5) is 0 Å². The van der Waals surface area contributed by atoms with Crippen LogP contribution in [0.1, 0.15) is 29.0 Å². The van der Waals surface area contributed by atoms with E-state index in [1.54, 1.807) is 5.56 Å². The Morgan fingerprint density at radius 3 is 2.53 bits per heavy atom. The lowest BCUT2D eigenvalue weighted by atomic mass is 9.72. The van der Waals surface area contributed by atoms with Crippen LogP contribution in [0, 0.1) is 0 Å². The molecule has 0 aromatic heterocycles. The van der Waals surface area contributed by atoms with E-state index >= 15 is 0 Å². The van der Waals surface area contributed by atoms with E-state index < -0.39 is 0 Å². The van der Waals surface area contributed by atoms with Crippen molar-refractivity contribution in [3.05, 3.63) is 71.3 Å². The first-order valence-electron chi connectivity index (χ1n) is 7.17. The zero-order valence-corrected chi connectivity index (χ0v) is 11.5. The van der Waals surface area contributed by atoms with Gasteiger partial charge >= 0.3 is 0 Å². The van der Waals surface area contributed by atoms with Gasteiger partial charge in [0.15, 0.2) is 0 Å². The molecule has 0 spiro atoms. The topological polar surface area (TPSA) is 12.0 Å². The molecule has 0 bridgehead atoms. The number of benzene rings is 2. The third-order valence-electron chi connectivity index (χ3n) is 4.34. The van der Waals surface area contributed by atoms with Crippen LogP contribution in [-0.2, 0) is 12.8 Å². The highest BCUT2D eigenvalue weighted by Crippen LogP contribution is 2.38. The molecule has 1 N–H and O–H groups in total. The molecule has 1 aliphatic carbocycles. The van der Waals surface area contributed by atoms with Crippen molar-refractivity contribution in [1.29, 1.82) is 0 Å². The van der Waals surface area contributed by atoms with Crippen LogP contribution in [0.25, 0.3) is 0 Å². The van der Waals surface area contributed by atoms with Gasteiger partial charge in [0.05, 0.1) is 0 Å². The Bertz CT molecular complexity index is 532. The Kier molecular flexibility index (Phi) is 3.65. The van der Waals surface area contributed by atoms with Gasteiger partial charge in [-0.2, -0.15) is 0 Å². The summed E-state index contributed by atoms with van der Waals surface area (Å²) in [5.74, 6) is 0.699. The van der Waals surface area contributed by atoms with Gasteiger partial charge in [-0.05, 0) is 43.0 Å². The maximum absolute atomic E-state index is 3.52. The molecule has 19 heavy (non-hydrogen) atoms. The Labute approximate surface area is 115 Å². The molecule has 3 rings (SSSR count). The first-order chi connectivity index (χ1) is 9.38. The molecule has 1 heteroatoms. The van der Waals surface area contributed by atoms with Gasteiger partial charge in [0, 0.05) is 12.0 Å². The van der Waals surface area contributed by atoms with Gasteiger partial charge in [-0.15, -0.1) is 0 Å². The van der Waals surface area contributed by atoms with Crippen molar-refractivity contribution in [3.63, 3.8) is 0 Å². The molecule has 1 aliphatic rings. The molecule has 0 heterocycles. The molecule has 2 aromatic carbocycles. The average molecular weight is 251 g/mol. The van der Waals surface area contributed by atoms with E-state index in [0.717, 1.165) is 6.42 Å². The summed E-state index contributed by atoms with van der Waals surface area (Å²) in [5, 5.41) is 3.52. The smallest absolute Gasteiger partial charge is 0.0139 e. The van der Waals surface area contributed by atoms with E-state index in [1.807, 2.05) is 0 Å². The molecule has 0 amide bonds. The predicted molar refractivity (Wildman–Crippen MR) is 80.5 cm³/mol. The fourth-order valence-electron chi connectivity index (χ4n) is 3.17. The van der Waals surface area contributed by atoms with Crippen molar-refractivity contribution in [2.45, 2.75) is 31.2 Å². The van der Waals surface area contributed by atoms with Crippen LogP contribution in [0.2, 0.25) is 0 Å². The van der Waals surface area contributed by atoms with Crippen LogP contribution in [0.15, 0.2) is 54.6 Å². The first-order valence-corrected chi connectivity index (χ1v) is 7.17. The first kappa shape index (κ1) is 12.4. The van der Waals surface area contributed by atoms with Crippen LogP contribution in [0.5, 0.6) is 0 Å². The van der Waals surface area contributed by atoms with Gasteiger partial charge in [-0.3, -0.25) is 0 Å². The lowest BCUT2D eigenvalue weighted by molar-refractivity contribution is 0.402. The van der Waals surface area contributed by atoms with Gasteiger partial charge < -0.3 is 5.32 Å². The molecule has 0 saturated carbocycles. The standard InChI is InChI=1S/C18H21N/c1-19-18(12-11-14-7-3-2-4-8-14)17-13-15-9-5-6-10-16(15)17/h2-10,17-19H,11-13H2,1H3. The van der Waals surface area contributed by atoms with E-state index in [0.29, 0.717) is 12.0 Å². The Morgan fingerprint density at radius 1 is 1.05 bits per heavy atom. The molecular weight excluding hydrogens is 230 g/mol. The second-order valence-electron chi connectivity index (χ2n) is 5.43. The largest absolute Gasteiger partial charge is 0.316 e. The predicted octanol–water partition coefficient (Wildman–Crippen LogP) is 3.55. The minimum Gasteiger partial charge on any atom is -0.316 e. The summed E-state index contributed by atoms with van der Waals surface area (Å²) in [4.78, 5) is 0. The zero-order chi connectivity index (χ0) is 13.1. The number of rotatable bonds is 5. The Balaban J connectivity index is 1.64. The number of fused-ring (bicyclic) bond motifs is 1. The van der Waals surface area contributed by atoms with Crippen molar-refractivity contribution in [2.24, 2.45) is 0 Å². The van der Waals surface area contributed by atoms with E-state index in [2.05, 4.69) is 67.0 Å². The van der Waals surface area contributed by atoms with Gasteiger partial charge in [0.2, 0.25) is 0 Å². The molecule has 0 fully saturated rings. The monoisotopic (exact) mass is 251 g/mol. The summed E-state index contributed by atoms with van der Waals surface area (Å²) in [7, 11) is 2.09. The highest BCUT2D eigenvalue weighted by atomic mass is 14.9. The van der Waals surface area contributed by atoms with Crippen LogP contribution >= 0.6 is 0 Å². The number of hydrogen-bond acceptors (Lipinski definition) is 1. The van der Waals surface area contributed by atoms with Crippen LogP contribution in [0.3, 0.4) is 0 Å². The summed E-state index contributed by atoms with van der Waals surface area (Å²) in [6.45, 7) is 0. The number of hydrogen-bond donors (Lipinski definition) is 1. The van der Waals surface area contributed by atoms with Crippen LogP contribution < -0.4 is 5.32 Å². The van der Waals surface area contributed by atoms with Gasteiger partial charge in [0.25, 0.3) is 0 Å². The van der Waals surface area contributed by atoms with E-state index in [-0.39, 0.29) is 0 Å². The maximum atomic E-state index is 3.52. The summed E-state index contributed by atoms with van der Waals surface area (Å²) in [6.07, 6.45) is 3.60. The molecule has 2 atom stereocenters. The highest BCUT2D eigenvalue weighted by molar-refractivity contribution is 5.41. The second kappa shape index (κ2) is 5.58. The number of likely N-dealkylation sites (N-methyl/N-ethyl adjacent to an activating group) is 1. The Morgan fingerprint density at radius 2 is 1.79 bits per heavy atom. The van der Waals surface area contributed by atoms with Crippen molar-refractivity contribution in [2.75, 3.05) is 7.05 Å². The minimum absolute atomic E-state index is 0.593. The molecule has 1 nitrogen and oxygen atoms in total. The maximum Gasteiger partial charge on any atom is 0.0139 e. The second-order valence-corrected chi connectivity index (χ2v) is 5.43. The van der Waals surface area contributed by atoms with Gasteiger partial charge in [-0.1, -0.05) is 54.6 Å². The van der Waals surface area contributed by atoms with Crippen molar-refractivity contribution in [1.82, 2.24) is 5.32 Å². The summed E-state index contributed by atoms with van der Waals surface area (Å²) < 4.78 is 0. The van der Waals surface area contributed by atoms with Crippen molar-refractivity contribution in [3.8, 4) is 0 Å². The fraction of sp³-hybridized carbons (Fsp3) is 0.333. The molecule has 0 saturated heterocycles. The summed E-state index contributed by atoms with van der Waals surface area (Å²) in [6, 6.07) is 20.2. The number of nitrogens with one attached hydrogen (secondary N) is 1. The molecule has 98 valence electrons. The lowest BCUT2D eigenvalue weighted by Gasteiger charge is -2.36. The number of aryl methyl sites for hydroxylation is 1. The van der Waals surface area contributed by atoms with E-state index in [4.69, 9.17) is 0 Å². The third-order valence-corrected chi connectivity index (χ3v) is 4.34. The fourth-order valence-corrected chi connectivity index (χ4v) is 3.17. The zero-order valence-electron chi connectivity index (χ0n) is 11.5. The molecule has 2 unspecified atom stereocenters. The van der Waals surface area contributed by atoms with Gasteiger partial charge in [-0.25, -0.2) is 0 Å². The molecule has 0 radical (unpaired) electrons. The van der Waals surface area contributed by atoms with Crippen molar-refractivity contribution >= 4 is 0 Å². The lowest BCUT2D eigenvalue weighted by Crippen LogP contribution is -2.38. The van der Waals surface area contributed by atoms with Crippen molar-refractivity contribution < 1.29 is 0 Å². The average Bonchev–Trinajstić information content (AvgIpc) is 2.45. The highest BCUT2D eigenvalue weighted by Gasteiger charge is 2.31. The quantitative estimate of drug-likeness (QED) is 0.857. The summed E-state index contributed by atoms with van der Waals surface area (Å²) in [5.41, 5.74) is 4.53. The SMILES string of the molecule is CNC(CCc1ccccc1)C1Cc2ccccc21. The third kappa shape index (κ3) is 2.57. The molecular formula is C18H21N. The van der Waals surface area contributed by atoms with E-state index in [1.165, 1.54) is 24.0 Å². The van der Waals surface area contributed by atoms with E-state index in [9.17, 15) is 0 Å². The molecule has 0 aliphatic heterocycles. The minimum atomic E-state index is 0.593. The Hall–Kier alpha value is -1.60. The summed E-state index contributed by atoms with van der Waals surface area (Å²) >= 11 is 0. The van der Waals surface area contributed by atoms with Crippen LogP contribution in [-0.4, -0.2) is 13.1 Å². The molecule has 2 aromatic rings.